The molecule has 2 aromatic rings. The molecule has 3 heterocycles. The number of piperidine rings is 1. The predicted octanol–water partition coefficient (Wildman–Crippen LogP) is 3.12. The molecule has 0 spiro atoms. The van der Waals surface area contributed by atoms with E-state index in [1.807, 2.05) is 12.4 Å². The Labute approximate surface area is 127 Å². The third-order valence-electron chi connectivity index (χ3n) is 4.43. The molecule has 0 aromatic carbocycles. The van der Waals surface area contributed by atoms with Crippen molar-refractivity contribution in [3.63, 3.8) is 0 Å². The molecular formula is C17H26N4. The molecule has 1 saturated heterocycles. The van der Waals surface area contributed by atoms with E-state index in [-0.39, 0.29) is 5.54 Å². The normalized spacial score (nSPS) is 17.5. The summed E-state index contributed by atoms with van der Waals surface area (Å²) in [4.78, 5) is 9.06. The van der Waals surface area contributed by atoms with Crippen LogP contribution in [0.4, 0.5) is 0 Å². The fourth-order valence-electron chi connectivity index (χ4n) is 3.40. The molecular weight excluding hydrogens is 260 g/mol. The number of fused-ring (bicyclic) bond motifs is 1. The second kappa shape index (κ2) is 5.76. The molecule has 1 fully saturated rings. The minimum absolute atomic E-state index is 0.0551. The number of hydrogen-bond donors (Lipinski definition) is 1. The van der Waals surface area contributed by atoms with E-state index >= 15 is 0 Å². The van der Waals surface area contributed by atoms with E-state index in [0.29, 0.717) is 0 Å². The van der Waals surface area contributed by atoms with Gasteiger partial charge in [-0.25, -0.2) is 4.98 Å². The van der Waals surface area contributed by atoms with Crippen molar-refractivity contribution in [3.8, 4) is 0 Å². The Balaban J connectivity index is 1.86. The molecule has 0 aliphatic carbocycles. The third-order valence-corrected chi connectivity index (χ3v) is 4.43. The van der Waals surface area contributed by atoms with E-state index in [1.165, 1.54) is 43.7 Å². The summed E-state index contributed by atoms with van der Waals surface area (Å²) in [7, 11) is 0. The first-order chi connectivity index (χ1) is 10.1. The van der Waals surface area contributed by atoms with Gasteiger partial charge in [0, 0.05) is 18.2 Å². The second-order valence-corrected chi connectivity index (χ2v) is 7.13. The van der Waals surface area contributed by atoms with Crippen molar-refractivity contribution in [2.75, 3.05) is 13.1 Å². The molecule has 4 nitrogen and oxygen atoms in total. The number of aryl methyl sites for hydroxylation is 1. The van der Waals surface area contributed by atoms with Gasteiger partial charge >= 0.3 is 0 Å². The van der Waals surface area contributed by atoms with E-state index in [2.05, 4.69) is 41.7 Å². The van der Waals surface area contributed by atoms with Crippen LogP contribution in [0.15, 0.2) is 18.5 Å². The average Bonchev–Trinajstić information content (AvgIpc) is 2.84. The van der Waals surface area contributed by atoms with Crippen LogP contribution in [0, 0.1) is 5.92 Å². The van der Waals surface area contributed by atoms with Gasteiger partial charge in [-0.3, -0.25) is 4.98 Å². The Kier molecular flexibility index (Phi) is 3.98. The lowest BCUT2D eigenvalue weighted by molar-refractivity contribution is 0.341. The highest BCUT2D eigenvalue weighted by molar-refractivity contribution is 5.75. The summed E-state index contributed by atoms with van der Waals surface area (Å²) < 4.78 is 2.39. The number of rotatable bonds is 3. The fourth-order valence-corrected chi connectivity index (χ4v) is 3.40. The van der Waals surface area contributed by atoms with Crippen molar-refractivity contribution in [1.29, 1.82) is 0 Å². The zero-order valence-electron chi connectivity index (χ0n) is 13.4. The van der Waals surface area contributed by atoms with Crippen molar-refractivity contribution < 1.29 is 0 Å². The molecule has 1 N–H and O–H groups in total. The molecule has 21 heavy (non-hydrogen) atoms. The van der Waals surface area contributed by atoms with Gasteiger partial charge in [0.25, 0.3) is 0 Å². The van der Waals surface area contributed by atoms with Gasteiger partial charge in [0.15, 0.2) is 0 Å². The Morgan fingerprint density at radius 1 is 1.29 bits per heavy atom. The number of nitrogens with zero attached hydrogens (tertiary/aromatic N) is 3. The van der Waals surface area contributed by atoms with Crippen molar-refractivity contribution >= 4 is 11.0 Å². The minimum Gasteiger partial charge on any atom is -0.323 e. The number of pyridine rings is 1. The molecule has 2 aromatic heterocycles. The van der Waals surface area contributed by atoms with E-state index in [0.717, 1.165) is 17.9 Å². The van der Waals surface area contributed by atoms with E-state index in [1.54, 1.807) is 0 Å². The molecule has 4 heteroatoms. The Morgan fingerprint density at radius 2 is 2.05 bits per heavy atom. The van der Waals surface area contributed by atoms with E-state index in [4.69, 9.17) is 4.98 Å². The predicted molar refractivity (Wildman–Crippen MR) is 86.4 cm³/mol. The number of imidazole rings is 1. The standard InChI is InChI=1S/C17H26N4/c1-17(2,3)21-15-8-11-19-12-14(15)20-16(21)5-4-13-6-9-18-10-7-13/h8,11-13,18H,4-7,9-10H2,1-3H3. The third kappa shape index (κ3) is 3.10. The van der Waals surface area contributed by atoms with Crippen molar-refractivity contribution in [2.45, 2.75) is 52.0 Å². The van der Waals surface area contributed by atoms with Gasteiger partial charge in [0.05, 0.1) is 11.7 Å². The maximum atomic E-state index is 4.85. The molecule has 0 atom stereocenters. The maximum Gasteiger partial charge on any atom is 0.110 e. The van der Waals surface area contributed by atoms with Crippen LogP contribution in [-0.4, -0.2) is 27.6 Å². The van der Waals surface area contributed by atoms with Gasteiger partial charge in [0.1, 0.15) is 11.3 Å². The SMILES string of the molecule is CC(C)(C)n1c(CCC2CCNCC2)nc2cnccc21. The van der Waals surface area contributed by atoms with Gasteiger partial charge in [-0.1, -0.05) is 0 Å². The van der Waals surface area contributed by atoms with Crippen LogP contribution in [0.5, 0.6) is 0 Å². The summed E-state index contributed by atoms with van der Waals surface area (Å²) in [5.41, 5.74) is 2.28. The first-order valence-corrected chi connectivity index (χ1v) is 8.08. The van der Waals surface area contributed by atoms with Gasteiger partial charge in [-0.15, -0.1) is 0 Å². The van der Waals surface area contributed by atoms with Gasteiger partial charge in [-0.05, 0) is 65.1 Å². The van der Waals surface area contributed by atoms with Crippen LogP contribution in [-0.2, 0) is 12.0 Å². The monoisotopic (exact) mass is 286 g/mol. The molecule has 114 valence electrons. The van der Waals surface area contributed by atoms with Gasteiger partial charge < -0.3 is 9.88 Å². The topological polar surface area (TPSA) is 42.7 Å². The summed E-state index contributed by atoms with van der Waals surface area (Å²) in [6.07, 6.45) is 8.66. The number of nitrogens with one attached hydrogen (secondary N) is 1. The summed E-state index contributed by atoms with van der Waals surface area (Å²) >= 11 is 0. The zero-order valence-corrected chi connectivity index (χ0v) is 13.4. The first kappa shape index (κ1) is 14.5. The Bertz CT molecular complexity index is 603. The minimum atomic E-state index is 0.0551. The molecule has 0 amide bonds. The number of aromatic nitrogens is 3. The molecule has 1 aliphatic rings. The van der Waals surface area contributed by atoms with Crippen LogP contribution in [0.1, 0.15) is 45.9 Å². The lowest BCUT2D eigenvalue weighted by atomic mass is 9.93. The van der Waals surface area contributed by atoms with Crippen LogP contribution in [0.25, 0.3) is 11.0 Å². The largest absolute Gasteiger partial charge is 0.323 e. The highest BCUT2D eigenvalue weighted by Crippen LogP contribution is 2.27. The van der Waals surface area contributed by atoms with E-state index < -0.39 is 0 Å². The summed E-state index contributed by atoms with van der Waals surface area (Å²) in [6, 6.07) is 2.08. The molecule has 1 aliphatic heterocycles. The van der Waals surface area contributed by atoms with E-state index in [9.17, 15) is 0 Å². The molecule has 0 radical (unpaired) electrons. The number of hydrogen-bond acceptors (Lipinski definition) is 3. The van der Waals surface area contributed by atoms with Crippen LogP contribution in [0.3, 0.4) is 0 Å². The average molecular weight is 286 g/mol. The second-order valence-electron chi connectivity index (χ2n) is 7.13. The van der Waals surface area contributed by atoms with Crippen LogP contribution in [0.2, 0.25) is 0 Å². The zero-order chi connectivity index (χ0) is 14.9. The molecule has 0 saturated carbocycles. The van der Waals surface area contributed by atoms with Crippen molar-refractivity contribution in [3.05, 3.63) is 24.3 Å². The summed E-state index contributed by atoms with van der Waals surface area (Å²) in [5.74, 6) is 2.06. The quantitative estimate of drug-likeness (QED) is 0.942. The van der Waals surface area contributed by atoms with Crippen LogP contribution < -0.4 is 5.32 Å². The highest BCUT2D eigenvalue weighted by atomic mass is 15.1. The Hall–Kier alpha value is -1.42. The van der Waals surface area contributed by atoms with Crippen molar-refractivity contribution in [1.82, 2.24) is 19.9 Å². The van der Waals surface area contributed by atoms with Crippen molar-refractivity contribution in [2.24, 2.45) is 5.92 Å². The molecule has 3 rings (SSSR count). The van der Waals surface area contributed by atoms with Crippen LogP contribution >= 0.6 is 0 Å². The molecule has 0 unspecified atom stereocenters. The molecule has 0 bridgehead atoms. The van der Waals surface area contributed by atoms with Gasteiger partial charge in [0.2, 0.25) is 0 Å². The Morgan fingerprint density at radius 3 is 2.76 bits per heavy atom. The summed E-state index contributed by atoms with van der Waals surface area (Å²) in [6.45, 7) is 9.10. The summed E-state index contributed by atoms with van der Waals surface area (Å²) in [5, 5.41) is 3.44. The maximum absolute atomic E-state index is 4.85. The lowest BCUT2D eigenvalue weighted by Crippen LogP contribution is -2.28. The first-order valence-electron chi connectivity index (χ1n) is 8.08. The smallest absolute Gasteiger partial charge is 0.110 e. The fraction of sp³-hybridized carbons (Fsp3) is 0.647. The van der Waals surface area contributed by atoms with Gasteiger partial charge in [-0.2, -0.15) is 0 Å². The lowest BCUT2D eigenvalue weighted by Gasteiger charge is -2.26. The highest BCUT2D eigenvalue weighted by Gasteiger charge is 2.22.